The summed E-state index contributed by atoms with van der Waals surface area (Å²) < 4.78 is 5.60. The lowest BCUT2D eigenvalue weighted by atomic mass is 10.2. The number of nitrogens with one attached hydrogen (secondary N) is 2. The lowest BCUT2D eigenvalue weighted by Crippen LogP contribution is -2.12. The van der Waals surface area contributed by atoms with Crippen molar-refractivity contribution in [1.82, 2.24) is 4.98 Å². The van der Waals surface area contributed by atoms with Crippen molar-refractivity contribution in [2.45, 2.75) is 6.92 Å². The van der Waals surface area contributed by atoms with Gasteiger partial charge in [-0.05, 0) is 49.4 Å². The number of para-hydroxylation sites is 2. The van der Waals surface area contributed by atoms with Crippen LogP contribution in [0.15, 0.2) is 67.0 Å². The summed E-state index contributed by atoms with van der Waals surface area (Å²) >= 11 is 0. The first kappa shape index (κ1) is 18.0. The van der Waals surface area contributed by atoms with E-state index in [0.29, 0.717) is 29.1 Å². The van der Waals surface area contributed by atoms with E-state index in [0.717, 1.165) is 11.4 Å². The van der Waals surface area contributed by atoms with E-state index in [-0.39, 0.29) is 5.91 Å². The molecular weight excluding hydrogens is 340 g/mol. The fourth-order valence-corrected chi connectivity index (χ4v) is 2.47. The minimum atomic E-state index is -0.283. The van der Waals surface area contributed by atoms with Crippen molar-refractivity contribution in [3.05, 3.63) is 78.1 Å². The highest BCUT2D eigenvalue weighted by molar-refractivity contribution is 6.04. The van der Waals surface area contributed by atoms with Crippen molar-refractivity contribution < 1.29 is 9.53 Å². The second kappa shape index (κ2) is 8.50. The molecule has 1 amide bonds. The van der Waals surface area contributed by atoms with Gasteiger partial charge >= 0.3 is 0 Å². The van der Waals surface area contributed by atoms with Crippen LogP contribution in [0, 0.1) is 11.3 Å². The van der Waals surface area contributed by atoms with Gasteiger partial charge in [0.15, 0.2) is 0 Å². The second-order valence-corrected chi connectivity index (χ2v) is 5.66. The summed E-state index contributed by atoms with van der Waals surface area (Å²) in [5, 5.41) is 14.9. The maximum absolute atomic E-state index is 12.5. The SMILES string of the molecule is CCOc1ccccc1Nc1cncc(C(=O)Nc2ccc(C#N)cc2)c1. The summed E-state index contributed by atoms with van der Waals surface area (Å²) in [6.07, 6.45) is 3.14. The molecule has 6 heteroatoms. The standard InChI is InChI=1S/C21H18N4O2/c1-2-27-20-6-4-3-5-19(20)24-18-11-16(13-23-14-18)21(26)25-17-9-7-15(12-22)8-10-17/h3-11,13-14,24H,2H2,1H3,(H,25,26). The molecule has 6 nitrogen and oxygen atoms in total. The zero-order valence-electron chi connectivity index (χ0n) is 14.8. The Hall–Kier alpha value is -3.85. The number of nitriles is 1. The van der Waals surface area contributed by atoms with E-state index >= 15 is 0 Å². The fraction of sp³-hybridized carbons (Fsp3) is 0.0952. The molecule has 0 aliphatic heterocycles. The summed E-state index contributed by atoms with van der Waals surface area (Å²) in [6, 6.07) is 18.0. The first-order valence-electron chi connectivity index (χ1n) is 8.45. The number of aromatic nitrogens is 1. The van der Waals surface area contributed by atoms with Gasteiger partial charge in [0.1, 0.15) is 5.75 Å². The maximum atomic E-state index is 12.5. The third kappa shape index (κ3) is 4.61. The Morgan fingerprint density at radius 1 is 1.11 bits per heavy atom. The van der Waals surface area contributed by atoms with Gasteiger partial charge in [0.25, 0.3) is 5.91 Å². The largest absolute Gasteiger partial charge is 0.492 e. The summed E-state index contributed by atoms with van der Waals surface area (Å²) in [6.45, 7) is 2.48. The van der Waals surface area contributed by atoms with Crippen LogP contribution in [-0.4, -0.2) is 17.5 Å². The topological polar surface area (TPSA) is 87.0 Å². The third-order valence-electron chi connectivity index (χ3n) is 3.74. The van der Waals surface area contributed by atoms with Crippen molar-refractivity contribution in [3.8, 4) is 11.8 Å². The molecule has 0 aliphatic carbocycles. The quantitative estimate of drug-likeness (QED) is 0.684. The molecule has 1 aromatic heterocycles. The van der Waals surface area contributed by atoms with E-state index in [9.17, 15) is 4.79 Å². The maximum Gasteiger partial charge on any atom is 0.257 e. The van der Waals surface area contributed by atoms with Gasteiger partial charge in [-0.1, -0.05) is 12.1 Å². The van der Waals surface area contributed by atoms with Gasteiger partial charge in [0.05, 0.1) is 41.4 Å². The van der Waals surface area contributed by atoms with Crippen molar-refractivity contribution in [1.29, 1.82) is 5.26 Å². The number of rotatable bonds is 6. The van der Waals surface area contributed by atoms with Crippen LogP contribution in [0.4, 0.5) is 17.1 Å². The number of ether oxygens (including phenoxy) is 1. The smallest absolute Gasteiger partial charge is 0.257 e. The van der Waals surface area contributed by atoms with E-state index < -0.39 is 0 Å². The van der Waals surface area contributed by atoms with E-state index in [1.54, 1.807) is 36.5 Å². The first-order chi connectivity index (χ1) is 13.2. The third-order valence-corrected chi connectivity index (χ3v) is 3.74. The molecule has 0 aliphatic rings. The molecule has 0 unspecified atom stereocenters. The monoisotopic (exact) mass is 358 g/mol. The summed E-state index contributed by atoms with van der Waals surface area (Å²) in [5.74, 6) is 0.446. The number of pyridine rings is 1. The number of nitrogens with zero attached hydrogens (tertiary/aromatic N) is 2. The molecule has 0 fully saturated rings. The molecule has 3 rings (SSSR count). The van der Waals surface area contributed by atoms with E-state index in [1.807, 2.05) is 37.3 Å². The highest BCUT2D eigenvalue weighted by Crippen LogP contribution is 2.27. The molecule has 27 heavy (non-hydrogen) atoms. The Labute approximate surface area is 157 Å². The van der Waals surface area contributed by atoms with Crippen molar-refractivity contribution in [2.24, 2.45) is 0 Å². The number of amides is 1. The van der Waals surface area contributed by atoms with Gasteiger partial charge in [-0.2, -0.15) is 5.26 Å². The van der Waals surface area contributed by atoms with Gasteiger partial charge < -0.3 is 15.4 Å². The van der Waals surface area contributed by atoms with E-state index in [4.69, 9.17) is 10.00 Å². The molecule has 0 spiro atoms. The molecule has 134 valence electrons. The predicted octanol–water partition coefficient (Wildman–Crippen LogP) is 4.35. The molecule has 0 saturated heterocycles. The Balaban J connectivity index is 1.75. The number of carbonyl (C=O) groups excluding carboxylic acids is 1. The Bertz CT molecular complexity index is 978. The van der Waals surface area contributed by atoms with Crippen LogP contribution in [0.25, 0.3) is 0 Å². The average Bonchev–Trinajstić information content (AvgIpc) is 2.70. The normalized spacial score (nSPS) is 9.93. The predicted molar refractivity (Wildman–Crippen MR) is 104 cm³/mol. The molecule has 2 aromatic carbocycles. The van der Waals surface area contributed by atoms with Gasteiger partial charge in [0, 0.05) is 11.9 Å². The minimum Gasteiger partial charge on any atom is -0.492 e. The number of benzene rings is 2. The Morgan fingerprint density at radius 2 is 1.89 bits per heavy atom. The number of hydrogen-bond donors (Lipinski definition) is 2. The Kier molecular flexibility index (Phi) is 5.65. The van der Waals surface area contributed by atoms with Crippen LogP contribution in [0.5, 0.6) is 5.75 Å². The highest BCUT2D eigenvalue weighted by atomic mass is 16.5. The van der Waals surface area contributed by atoms with Crippen LogP contribution < -0.4 is 15.4 Å². The van der Waals surface area contributed by atoms with Crippen molar-refractivity contribution in [2.75, 3.05) is 17.2 Å². The zero-order valence-corrected chi connectivity index (χ0v) is 14.8. The van der Waals surface area contributed by atoms with Crippen molar-refractivity contribution in [3.63, 3.8) is 0 Å². The van der Waals surface area contributed by atoms with Crippen LogP contribution in [0.2, 0.25) is 0 Å². The lowest BCUT2D eigenvalue weighted by molar-refractivity contribution is 0.102. The van der Waals surface area contributed by atoms with Crippen LogP contribution in [-0.2, 0) is 0 Å². The minimum absolute atomic E-state index is 0.283. The molecule has 0 radical (unpaired) electrons. The highest BCUT2D eigenvalue weighted by Gasteiger charge is 2.09. The molecule has 0 atom stereocenters. The van der Waals surface area contributed by atoms with Crippen LogP contribution >= 0.6 is 0 Å². The average molecular weight is 358 g/mol. The number of anilines is 3. The van der Waals surface area contributed by atoms with Crippen molar-refractivity contribution >= 4 is 23.0 Å². The van der Waals surface area contributed by atoms with Gasteiger partial charge in [0.2, 0.25) is 0 Å². The summed E-state index contributed by atoms with van der Waals surface area (Å²) in [7, 11) is 0. The van der Waals surface area contributed by atoms with Gasteiger partial charge in [-0.15, -0.1) is 0 Å². The van der Waals surface area contributed by atoms with Gasteiger partial charge in [-0.25, -0.2) is 0 Å². The van der Waals surface area contributed by atoms with Crippen LogP contribution in [0.3, 0.4) is 0 Å². The Morgan fingerprint density at radius 3 is 2.63 bits per heavy atom. The molecule has 1 heterocycles. The zero-order chi connectivity index (χ0) is 19.1. The molecule has 3 aromatic rings. The van der Waals surface area contributed by atoms with E-state index in [2.05, 4.69) is 15.6 Å². The molecular formula is C21H18N4O2. The number of carbonyl (C=O) groups is 1. The fourth-order valence-electron chi connectivity index (χ4n) is 2.47. The van der Waals surface area contributed by atoms with Gasteiger partial charge in [-0.3, -0.25) is 9.78 Å². The first-order valence-corrected chi connectivity index (χ1v) is 8.45. The summed E-state index contributed by atoms with van der Waals surface area (Å²) in [4.78, 5) is 16.6. The van der Waals surface area contributed by atoms with E-state index in [1.165, 1.54) is 6.20 Å². The second-order valence-electron chi connectivity index (χ2n) is 5.66. The molecule has 2 N–H and O–H groups in total. The molecule has 0 saturated carbocycles. The lowest BCUT2D eigenvalue weighted by Gasteiger charge is -2.12. The number of hydrogen-bond acceptors (Lipinski definition) is 5. The molecule has 0 bridgehead atoms. The van der Waals surface area contributed by atoms with Crippen LogP contribution in [0.1, 0.15) is 22.8 Å². The summed E-state index contributed by atoms with van der Waals surface area (Å²) in [5.41, 5.74) is 3.03.